The van der Waals surface area contributed by atoms with Gasteiger partial charge in [-0.15, -0.1) is 18.2 Å². The third-order valence-corrected chi connectivity index (χ3v) is 2.54. The van der Waals surface area contributed by atoms with Crippen LogP contribution in [0.1, 0.15) is 13.3 Å². The smallest absolute Gasteiger partial charge is 0.0545 e. The van der Waals surface area contributed by atoms with Crippen molar-refractivity contribution in [1.82, 2.24) is 5.32 Å². The van der Waals surface area contributed by atoms with Gasteiger partial charge in [0.25, 0.3) is 0 Å². The second-order valence-electron chi connectivity index (χ2n) is 2.89. The fourth-order valence-electron chi connectivity index (χ4n) is 0.905. The summed E-state index contributed by atoms with van der Waals surface area (Å²) in [5, 5.41) is 3.41. The van der Waals surface area contributed by atoms with Crippen LogP contribution in [0.3, 0.4) is 0 Å². The van der Waals surface area contributed by atoms with Gasteiger partial charge in [-0.25, -0.2) is 0 Å². The predicted molar refractivity (Wildman–Crippen MR) is 60.1 cm³/mol. The van der Waals surface area contributed by atoms with Crippen LogP contribution in [0.25, 0.3) is 0 Å². The summed E-state index contributed by atoms with van der Waals surface area (Å²) in [6.07, 6.45) is 6.19. The standard InChI is InChI=1S/C10H19NOS/c1-4-8-13-9-6-11-10(2)5-7-12-3/h1,10-11H,5-9H2,2-3H3. The number of hydrogen-bond donors (Lipinski definition) is 1. The summed E-state index contributed by atoms with van der Waals surface area (Å²) in [6.45, 7) is 4.02. The Balaban J connectivity index is 3.08. The first-order valence-corrected chi connectivity index (χ1v) is 5.70. The van der Waals surface area contributed by atoms with Crippen LogP contribution in [0.2, 0.25) is 0 Å². The molecule has 0 saturated carbocycles. The van der Waals surface area contributed by atoms with Gasteiger partial charge >= 0.3 is 0 Å². The average Bonchev–Trinajstić information content (AvgIpc) is 2.14. The highest BCUT2D eigenvalue weighted by Gasteiger charge is 1.98. The largest absolute Gasteiger partial charge is 0.385 e. The molecule has 0 fully saturated rings. The van der Waals surface area contributed by atoms with E-state index in [2.05, 4.69) is 18.2 Å². The summed E-state index contributed by atoms with van der Waals surface area (Å²) in [7, 11) is 1.73. The van der Waals surface area contributed by atoms with E-state index in [9.17, 15) is 0 Å². The Hall–Kier alpha value is -0.170. The van der Waals surface area contributed by atoms with E-state index in [1.165, 1.54) is 0 Å². The average molecular weight is 201 g/mol. The van der Waals surface area contributed by atoms with Crippen molar-refractivity contribution in [2.45, 2.75) is 19.4 Å². The lowest BCUT2D eigenvalue weighted by atomic mass is 10.2. The highest BCUT2D eigenvalue weighted by molar-refractivity contribution is 7.99. The monoisotopic (exact) mass is 201 g/mol. The van der Waals surface area contributed by atoms with Crippen molar-refractivity contribution >= 4 is 11.8 Å². The van der Waals surface area contributed by atoms with Crippen molar-refractivity contribution in [3.8, 4) is 12.3 Å². The molecule has 1 atom stereocenters. The minimum Gasteiger partial charge on any atom is -0.385 e. The van der Waals surface area contributed by atoms with E-state index in [-0.39, 0.29) is 0 Å². The van der Waals surface area contributed by atoms with Gasteiger partial charge in [-0.05, 0) is 13.3 Å². The van der Waals surface area contributed by atoms with Crippen molar-refractivity contribution in [3.05, 3.63) is 0 Å². The molecule has 2 nitrogen and oxygen atoms in total. The lowest BCUT2D eigenvalue weighted by Crippen LogP contribution is -2.29. The van der Waals surface area contributed by atoms with Gasteiger partial charge < -0.3 is 10.1 Å². The molecule has 0 radical (unpaired) electrons. The van der Waals surface area contributed by atoms with Crippen LogP contribution in [0, 0.1) is 12.3 Å². The van der Waals surface area contributed by atoms with Gasteiger partial charge in [0, 0.05) is 32.1 Å². The Morgan fingerprint density at radius 2 is 2.38 bits per heavy atom. The minimum atomic E-state index is 0.534. The van der Waals surface area contributed by atoms with Crippen molar-refractivity contribution in [2.24, 2.45) is 0 Å². The van der Waals surface area contributed by atoms with Crippen LogP contribution < -0.4 is 5.32 Å². The molecular formula is C10H19NOS. The molecule has 0 aromatic rings. The molecule has 3 heteroatoms. The Morgan fingerprint density at radius 3 is 3.00 bits per heavy atom. The Bertz CT molecular complexity index is 144. The third-order valence-electron chi connectivity index (χ3n) is 1.68. The lowest BCUT2D eigenvalue weighted by molar-refractivity contribution is 0.185. The first-order chi connectivity index (χ1) is 6.31. The molecule has 1 N–H and O–H groups in total. The molecule has 0 aliphatic carbocycles. The molecule has 0 aliphatic heterocycles. The van der Waals surface area contributed by atoms with E-state index < -0.39 is 0 Å². The lowest BCUT2D eigenvalue weighted by Gasteiger charge is -2.12. The number of hydrogen-bond acceptors (Lipinski definition) is 3. The zero-order valence-corrected chi connectivity index (χ0v) is 9.32. The van der Waals surface area contributed by atoms with Gasteiger partial charge in [-0.1, -0.05) is 5.92 Å². The van der Waals surface area contributed by atoms with Gasteiger partial charge in [0.05, 0.1) is 5.75 Å². The van der Waals surface area contributed by atoms with Crippen molar-refractivity contribution < 1.29 is 4.74 Å². The summed E-state index contributed by atoms with van der Waals surface area (Å²) < 4.78 is 4.99. The molecule has 0 aromatic heterocycles. The Labute approximate surface area is 85.8 Å². The van der Waals surface area contributed by atoms with Crippen molar-refractivity contribution in [3.63, 3.8) is 0 Å². The topological polar surface area (TPSA) is 21.3 Å². The van der Waals surface area contributed by atoms with E-state index in [1.54, 1.807) is 18.9 Å². The van der Waals surface area contributed by atoms with Crippen LogP contribution in [-0.4, -0.2) is 37.8 Å². The summed E-state index contributed by atoms with van der Waals surface area (Å²) in [4.78, 5) is 0. The second kappa shape index (κ2) is 9.91. The molecule has 0 amide bonds. The van der Waals surface area contributed by atoms with Crippen LogP contribution in [0.4, 0.5) is 0 Å². The van der Waals surface area contributed by atoms with Gasteiger partial charge in [0.2, 0.25) is 0 Å². The zero-order valence-electron chi connectivity index (χ0n) is 8.51. The molecular weight excluding hydrogens is 182 g/mol. The van der Waals surface area contributed by atoms with Crippen LogP contribution in [0.5, 0.6) is 0 Å². The zero-order chi connectivity index (χ0) is 9.94. The summed E-state index contributed by atoms with van der Waals surface area (Å²) in [5.41, 5.74) is 0. The first kappa shape index (κ1) is 12.8. The SMILES string of the molecule is C#CCSCCNC(C)CCOC. The fourth-order valence-corrected chi connectivity index (χ4v) is 1.43. The molecule has 0 aliphatic rings. The summed E-state index contributed by atoms with van der Waals surface area (Å²) in [6, 6.07) is 0.534. The molecule has 76 valence electrons. The van der Waals surface area contributed by atoms with Crippen molar-refractivity contribution in [2.75, 3.05) is 31.8 Å². The molecule has 0 saturated heterocycles. The molecule has 0 rings (SSSR count). The number of nitrogens with one attached hydrogen (secondary N) is 1. The molecule has 0 bridgehead atoms. The van der Waals surface area contributed by atoms with E-state index >= 15 is 0 Å². The molecule has 0 aromatic carbocycles. The highest BCUT2D eigenvalue weighted by Crippen LogP contribution is 1.97. The van der Waals surface area contributed by atoms with Crippen LogP contribution in [-0.2, 0) is 4.74 Å². The Kier molecular flexibility index (Phi) is 9.78. The highest BCUT2D eigenvalue weighted by atomic mass is 32.2. The quantitative estimate of drug-likeness (QED) is 0.473. The number of terminal acetylenes is 1. The maximum atomic E-state index is 5.13. The second-order valence-corrected chi connectivity index (χ2v) is 4.00. The third kappa shape index (κ3) is 9.75. The Morgan fingerprint density at radius 1 is 1.62 bits per heavy atom. The van der Waals surface area contributed by atoms with E-state index in [4.69, 9.17) is 11.2 Å². The number of thioether (sulfide) groups is 1. The maximum absolute atomic E-state index is 5.13. The summed E-state index contributed by atoms with van der Waals surface area (Å²) in [5.74, 6) is 4.50. The van der Waals surface area contributed by atoms with Gasteiger partial charge in [-0.2, -0.15) is 0 Å². The van der Waals surface area contributed by atoms with Gasteiger partial charge in [0.15, 0.2) is 0 Å². The van der Waals surface area contributed by atoms with Crippen LogP contribution in [0.15, 0.2) is 0 Å². The van der Waals surface area contributed by atoms with E-state index in [0.717, 1.165) is 31.1 Å². The number of ether oxygens (including phenoxy) is 1. The molecule has 0 spiro atoms. The number of methoxy groups -OCH3 is 1. The molecule has 13 heavy (non-hydrogen) atoms. The predicted octanol–water partition coefficient (Wildman–Crippen LogP) is 1.37. The van der Waals surface area contributed by atoms with E-state index in [0.29, 0.717) is 6.04 Å². The van der Waals surface area contributed by atoms with Gasteiger partial charge in [-0.3, -0.25) is 0 Å². The molecule has 0 heterocycles. The van der Waals surface area contributed by atoms with E-state index in [1.807, 2.05) is 0 Å². The van der Waals surface area contributed by atoms with Crippen LogP contribution >= 0.6 is 11.8 Å². The summed E-state index contributed by atoms with van der Waals surface area (Å²) >= 11 is 1.79. The normalized spacial score (nSPS) is 12.4. The van der Waals surface area contributed by atoms with Gasteiger partial charge in [0.1, 0.15) is 0 Å². The molecule has 1 unspecified atom stereocenters. The number of rotatable bonds is 8. The fraction of sp³-hybridized carbons (Fsp3) is 0.800. The maximum Gasteiger partial charge on any atom is 0.0545 e. The van der Waals surface area contributed by atoms with Crippen molar-refractivity contribution in [1.29, 1.82) is 0 Å². The first-order valence-electron chi connectivity index (χ1n) is 4.54. The minimum absolute atomic E-state index is 0.534.